The van der Waals surface area contributed by atoms with Gasteiger partial charge >= 0.3 is 0 Å². The van der Waals surface area contributed by atoms with Gasteiger partial charge in [-0.1, -0.05) is 13.8 Å². The number of nitrogens with zero attached hydrogens (tertiary/aromatic N) is 1. The van der Waals surface area contributed by atoms with E-state index in [-0.39, 0.29) is 0 Å². The van der Waals surface area contributed by atoms with Crippen LogP contribution in [0, 0.1) is 0 Å². The molecule has 0 fully saturated rings. The van der Waals surface area contributed by atoms with Crippen LogP contribution in [0.5, 0.6) is 0 Å². The second kappa shape index (κ2) is 7.64. The molecule has 0 heterocycles. The number of hydrogen-bond donors (Lipinski definition) is 0. The Morgan fingerprint density at radius 3 is 2.40 bits per heavy atom. The Morgan fingerprint density at radius 2 is 2.00 bits per heavy atom. The summed E-state index contributed by atoms with van der Waals surface area (Å²) in [6, 6.07) is 0. The summed E-state index contributed by atoms with van der Waals surface area (Å²) >= 11 is 0. The zero-order valence-electron chi connectivity index (χ0n) is 7.09. The van der Waals surface area contributed by atoms with Crippen LogP contribution in [0.2, 0.25) is 0 Å². The first-order valence-corrected chi connectivity index (χ1v) is 6.82. The molecular weight excluding hydrogens is 178 g/mol. The summed E-state index contributed by atoms with van der Waals surface area (Å²) in [5.74, 6) is 0. The third-order valence-corrected chi connectivity index (χ3v) is 4.97. The van der Waals surface area contributed by atoms with Gasteiger partial charge in [0.2, 0.25) is 9.92 Å². The van der Waals surface area contributed by atoms with Crippen LogP contribution in [0.4, 0.5) is 0 Å². The van der Waals surface area contributed by atoms with E-state index in [0.717, 1.165) is 23.6 Å². The summed E-state index contributed by atoms with van der Waals surface area (Å²) in [5, 5.41) is 0. The Labute approximate surface area is 70.7 Å². The lowest BCUT2D eigenvalue weighted by Gasteiger charge is -2.16. The largest absolute Gasteiger partial charge is 0.449 e. The fraction of sp³-hybridized carbons (Fsp3) is 1.00. The Balaban J connectivity index is 3.09. The van der Waals surface area contributed by atoms with E-state index >= 15 is 0 Å². The first-order valence-electron chi connectivity index (χ1n) is 3.64. The second-order valence-corrected chi connectivity index (χ2v) is 7.37. The smallest absolute Gasteiger partial charge is 0.283 e. The molecule has 0 aromatic rings. The summed E-state index contributed by atoms with van der Waals surface area (Å²) in [4.78, 5) is 0. The molecule has 0 unspecified atom stereocenters. The SMILES string of the molecule is CCN(CC)[SiH2]O[SiH2]O[SiH3]. The topological polar surface area (TPSA) is 21.7 Å². The summed E-state index contributed by atoms with van der Waals surface area (Å²) in [6.45, 7) is 6.59. The predicted octanol–water partition coefficient (Wildman–Crippen LogP) is -2.36. The third kappa shape index (κ3) is 5.33. The van der Waals surface area contributed by atoms with Crippen molar-refractivity contribution in [1.29, 1.82) is 0 Å². The summed E-state index contributed by atoms with van der Waals surface area (Å²) in [6.07, 6.45) is 0. The van der Waals surface area contributed by atoms with Gasteiger partial charge in [-0.15, -0.1) is 0 Å². The van der Waals surface area contributed by atoms with Crippen LogP contribution in [0.1, 0.15) is 13.8 Å². The average Bonchev–Trinajstić information content (AvgIpc) is 1.99. The molecule has 0 amide bonds. The normalized spacial score (nSPS) is 13.5. The van der Waals surface area contributed by atoms with Crippen molar-refractivity contribution in [2.24, 2.45) is 0 Å². The van der Waals surface area contributed by atoms with Gasteiger partial charge in [0.05, 0.1) is 0 Å². The van der Waals surface area contributed by atoms with Gasteiger partial charge < -0.3 is 12.8 Å². The molecule has 10 heavy (non-hydrogen) atoms. The predicted molar refractivity (Wildman–Crippen MR) is 52.1 cm³/mol. The molecule has 0 saturated carbocycles. The fourth-order valence-corrected chi connectivity index (χ4v) is 4.52. The van der Waals surface area contributed by atoms with E-state index in [2.05, 4.69) is 18.4 Å². The molecule has 0 bridgehead atoms. The number of hydrogen-bond acceptors (Lipinski definition) is 3. The third-order valence-electron chi connectivity index (χ3n) is 1.37. The highest BCUT2D eigenvalue weighted by Crippen LogP contribution is 1.82. The Bertz CT molecular complexity index is 71.5. The van der Waals surface area contributed by atoms with E-state index in [1.165, 1.54) is 0 Å². The first-order chi connectivity index (χ1) is 4.85. The summed E-state index contributed by atoms with van der Waals surface area (Å²) in [5.41, 5.74) is 0. The van der Waals surface area contributed by atoms with Gasteiger partial charge in [0, 0.05) is 0 Å². The Kier molecular flexibility index (Phi) is 8.04. The average molecular weight is 195 g/mol. The lowest BCUT2D eigenvalue weighted by molar-refractivity contribution is 0.405. The molecule has 6 heteroatoms. The van der Waals surface area contributed by atoms with E-state index in [9.17, 15) is 0 Å². The van der Waals surface area contributed by atoms with Crippen molar-refractivity contribution in [2.75, 3.05) is 13.1 Å². The van der Waals surface area contributed by atoms with E-state index in [0.29, 0.717) is 0 Å². The van der Waals surface area contributed by atoms with Crippen LogP contribution in [0.25, 0.3) is 0 Å². The molecule has 0 saturated heterocycles. The van der Waals surface area contributed by atoms with Gasteiger partial charge in [-0.05, 0) is 13.1 Å². The van der Waals surface area contributed by atoms with Crippen molar-refractivity contribution < 1.29 is 8.23 Å². The fourth-order valence-electron chi connectivity index (χ4n) is 0.656. The van der Waals surface area contributed by atoms with E-state index in [1.54, 1.807) is 0 Å². The molecule has 62 valence electrons. The summed E-state index contributed by atoms with van der Waals surface area (Å²) < 4.78 is 12.9. The molecular formula is C4H17NO2Si3. The molecule has 0 aromatic heterocycles. The molecule has 0 rings (SSSR count). The van der Waals surface area contributed by atoms with E-state index in [1.807, 2.05) is 0 Å². The Hall–Kier alpha value is 0.531. The van der Waals surface area contributed by atoms with Crippen LogP contribution in [0.3, 0.4) is 0 Å². The summed E-state index contributed by atoms with van der Waals surface area (Å²) in [7, 11) is -0.109. The molecule has 0 N–H and O–H groups in total. The van der Waals surface area contributed by atoms with Crippen LogP contribution in [0.15, 0.2) is 0 Å². The highest BCUT2D eigenvalue weighted by Gasteiger charge is 1.97. The minimum atomic E-state index is -0.558. The lowest BCUT2D eigenvalue weighted by Crippen LogP contribution is -2.30. The molecule has 0 spiro atoms. The van der Waals surface area contributed by atoms with Crippen LogP contribution in [-0.4, -0.2) is 48.1 Å². The molecule has 0 aliphatic carbocycles. The van der Waals surface area contributed by atoms with Crippen molar-refractivity contribution >= 4 is 30.4 Å². The minimum absolute atomic E-state index is 0.393. The lowest BCUT2D eigenvalue weighted by atomic mass is 10.7. The molecule has 0 aliphatic heterocycles. The van der Waals surface area contributed by atoms with Crippen LogP contribution in [-0.2, 0) is 8.23 Å². The number of rotatable bonds is 6. The highest BCUT2D eigenvalue weighted by atomic mass is 28.3. The molecule has 0 radical (unpaired) electrons. The molecule has 0 aliphatic rings. The second-order valence-electron chi connectivity index (χ2n) is 2.04. The maximum Gasteiger partial charge on any atom is 0.283 e. The van der Waals surface area contributed by atoms with Crippen LogP contribution < -0.4 is 0 Å². The van der Waals surface area contributed by atoms with Gasteiger partial charge in [-0.2, -0.15) is 0 Å². The van der Waals surface area contributed by atoms with Gasteiger partial charge in [0.15, 0.2) is 0 Å². The van der Waals surface area contributed by atoms with Crippen LogP contribution >= 0.6 is 0 Å². The minimum Gasteiger partial charge on any atom is -0.449 e. The van der Waals surface area contributed by atoms with Gasteiger partial charge in [-0.25, -0.2) is 0 Å². The van der Waals surface area contributed by atoms with Crippen molar-refractivity contribution in [3.05, 3.63) is 0 Å². The van der Waals surface area contributed by atoms with Crippen molar-refractivity contribution in [3.63, 3.8) is 0 Å². The zero-order valence-corrected chi connectivity index (χ0v) is 11.9. The van der Waals surface area contributed by atoms with Crippen molar-refractivity contribution in [1.82, 2.24) is 4.57 Å². The van der Waals surface area contributed by atoms with Gasteiger partial charge in [0.1, 0.15) is 10.5 Å². The monoisotopic (exact) mass is 195 g/mol. The highest BCUT2D eigenvalue weighted by molar-refractivity contribution is 6.39. The van der Waals surface area contributed by atoms with Gasteiger partial charge in [0.25, 0.3) is 10.0 Å². The molecule has 0 atom stereocenters. The quantitative estimate of drug-likeness (QED) is 0.350. The molecule has 0 aromatic carbocycles. The maximum absolute atomic E-state index is 5.44. The molecule has 3 nitrogen and oxygen atoms in total. The van der Waals surface area contributed by atoms with Crippen molar-refractivity contribution in [3.8, 4) is 0 Å². The Morgan fingerprint density at radius 1 is 1.40 bits per heavy atom. The van der Waals surface area contributed by atoms with Crippen molar-refractivity contribution in [2.45, 2.75) is 13.8 Å². The maximum atomic E-state index is 5.44. The van der Waals surface area contributed by atoms with Gasteiger partial charge in [-0.3, -0.25) is 0 Å². The standard InChI is InChI=1S/C4H17NO2Si3/c1-3-5(4-2)9-7-10-6-8/h3-4,9-10H2,1-2,8H3. The zero-order chi connectivity index (χ0) is 7.82. The first kappa shape index (κ1) is 10.5. The van der Waals surface area contributed by atoms with E-state index in [4.69, 9.17) is 8.23 Å². The van der Waals surface area contributed by atoms with E-state index < -0.39 is 19.9 Å².